The summed E-state index contributed by atoms with van der Waals surface area (Å²) in [4.78, 5) is 15.9. The number of hydrogen-bond donors (Lipinski definition) is 0. The largest absolute Gasteiger partial charge is 0.464 e. The van der Waals surface area contributed by atoms with Gasteiger partial charge in [-0.1, -0.05) is 5.21 Å². The molecule has 1 aliphatic heterocycles. The molecule has 0 radical (unpaired) electrons. The molecule has 7 nitrogen and oxygen atoms in total. The van der Waals surface area contributed by atoms with Gasteiger partial charge in [0.2, 0.25) is 0 Å². The van der Waals surface area contributed by atoms with Gasteiger partial charge in [0.25, 0.3) is 0 Å². The summed E-state index contributed by atoms with van der Waals surface area (Å²) in [6.45, 7) is 5.15. The molecule has 1 aromatic heterocycles. The lowest BCUT2D eigenvalue weighted by atomic mass is 10.2. The predicted octanol–water partition coefficient (Wildman–Crippen LogP) is 1.03. The van der Waals surface area contributed by atoms with Gasteiger partial charge in [0, 0.05) is 38.4 Å². The molecule has 1 aromatic carbocycles. The van der Waals surface area contributed by atoms with Gasteiger partial charge in [-0.2, -0.15) is 0 Å². The van der Waals surface area contributed by atoms with E-state index >= 15 is 0 Å². The molecule has 24 heavy (non-hydrogen) atoms. The number of anilines is 1. The van der Waals surface area contributed by atoms with Crippen LogP contribution in [0, 0.1) is 5.82 Å². The van der Waals surface area contributed by atoms with Crippen molar-refractivity contribution in [1.82, 2.24) is 19.9 Å². The third-order valence-electron chi connectivity index (χ3n) is 4.14. The fourth-order valence-electron chi connectivity index (χ4n) is 2.73. The van der Waals surface area contributed by atoms with Gasteiger partial charge in [-0.3, -0.25) is 9.58 Å². The second-order valence-corrected chi connectivity index (χ2v) is 5.66. The summed E-state index contributed by atoms with van der Waals surface area (Å²) in [5.41, 5.74) is 1.27. The lowest BCUT2D eigenvalue weighted by Crippen LogP contribution is -2.47. The minimum atomic E-state index is -0.478. The lowest BCUT2D eigenvalue weighted by molar-refractivity contribution is 0.0594. The third-order valence-corrected chi connectivity index (χ3v) is 4.14. The van der Waals surface area contributed by atoms with Crippen molar-refractivity contribution in [3.8, 4) is 0 Å². The average Bonchev–Trinajstić information content (AvgIpc) is 3.09. The van der Waals surface area contributed by atoms with Crippen molar-refractivity contribution in [1.29, 1.82) is 0 Å². The van der Waals surface area contributed by atoms with Crippen molar-refractivity contribution >= 4 is 11.7 Å². The molecule has 2 heterocycles. The highest BCUT2D eigenvalue weighted by Crippen LogP contribution is 2.16. The van der Waals surface area contributed by atoms with E-state index in [9.17, 15) is 9.18 Å². The molecule has 1 aliphatic rings. The van der Waals surface area contributed by atoms with Crippen LogP contribution >= 0.6 is 0 Å². The third kappa shape index (κ3) is 3.88. The number of aromatic nitrogens is 3. The number of carbonyl (C=O) groups is 1. The monoisotopic (exact) mass is 333 g/mol. The highest BCUT2D eigenvalue weighted by molar-refractivity contribution is 5.86. The van der Waals surface area contributed by atoms with Crippen LogP contribution in [0.25, 0.3) is 0 Å². The quantitative estimate of drug-likeness (QED) is 0.762. The summed E-state index contributed by atoms with van der Waals surface area (Å²) in [5.74, 6) is -0.689. The van der Waals surface area contributed by atoms with Crippen molar-refractivity contribution < 1.29 is 13.9 Å². The zero-order valence-electron chi connectivity index (χ0n) is 13.6. The van der Waals surface area contributed by atoms with E-state index in [0.717, 1.165) is 38.4 Å². The van der Waals surface area contributed by atoms with Crippen molar-refractivity contribution in [2.45, 2.75) is 6.54 Å². The summed E-state index contributed by atoms with van der Waals surface area (Å²) in [5, 5.41) is 7.72. The van der Waals surface area contributed by atoms with Crippen LogP contribution in [0.1, 0.15) is 10.5 Å². The predicted molar refractivity (Wildman–Crippen MR) is 86.4 cm³/mol. The lowest BCUT2D eigenvalue weighted by Gasteiger charge is -2.36. The van der Waals surface area contributed by atoms with E-state index in [2.05, 4.69) is 24.8 Å². The molecule has 0 atom stereocenters. The number of esters is 1. The fraction of sp³-hybridized carbons (Fsp3) is 0.438. The number of hydrogen-bond acceptors (Lipinski definition) is 6. The summed E-state index contributed by atoms with van der Waals surface area (Å²) < 4.78 is 19.2. The first-order valence-corrected chi connectivity index (χ1v) is 7.87. The van der Waals surface area contributed by atoms with Gasteiger partial charge in [-0.15, -0.1) is 5.10 Å². The summed E-state index contributed by atoms with van der Waals surface area (Å²) >= 11 is 0. The van der Waals surface area contributed by atoms with Crippen LogP contribution in [-0.4, -0.2) is 65.7 Å². The molecule has 3 rings (SSSR count). The Morgan fingerprint density at radius 2 is 1.88 bits per heavy atom. The molecule has 0 bridgehead atoms. The SMILES string of the molecule is COC(=O)c1cn(CCN2CCN(c3ccc(F)cc3)CC2)nn1. The molecule has 0 N–H and O–H groups in total. The summed E-state index contributed by atoms with van der Waals surface area (Å²) in [7, 11) is 1.32. The van der Waals surface area contributed by atoms with Crippen molar-refractivity contribution in [3.05, 3.63) is 42.0 Å². The van der Waals surface area contributed by atoms with E-state index in [0.29, 0.717) is 6.54 Å². The Balaban J connectivity index is 1.46. The zero-order valence-corrected chi connectivity index (χ0v) is 13.6. The molecular weight excluding hydrogens is 313 g/mol. The maximum Gasteiger partial charge on any atom is 0.360 e. The molecule has 0 spiro atoms. The number of ether oxygens (including phenoxy) is 1. The van der Waals surface area contributed by atoms with Crippen LogP contribution in [0.4, 0.5) is 10.1 Å². The van der Waals surface area contributed by atoms with E-state index in [1.807, 2.05) is 12.1 Å². The topological polar surface area (TPSA) is 63.5 Å². The number of benzene rings is 1. The van der Waals surface area contributed by atoms with Crippen molar-refractivity contribution in [2.75, 3.05) is 44.7 Å². The minimum absolute atomic E-state index is 0.212. The van der Waals surface area contributed by atoms with E-state index in [4.69, 9.17) is 0 Å². The fourth-order valence-corrected chi connectivity index (χ4v) is 2.73. The van der Waals surface area contributed by atoms with Gasteiger partial charge in [0.05, 0.1) is 19.9 Å². The Morgan fingerprint density at radius 1 is 1.17 bits per heavy atom. The van der Waals surface area contributed by atoms with Crippen LogP contribution < -0.4 is 4.90 Å². The second kappa shape index (κ2) is 7.39. The first kappa shape index (κ1) is 16.4. The number of halogens is 1. The Labute approximate surface area is 139 Å². The molecule has 128 valence electrons. The maximum absolute atomic E-state index is 13.0. The molecule has 0 amide bonds. The molecule has 0 aliphatic carbocycles. The Bertz CT molecular complexity index is 680. The normalized spacial score (nSPS) is 15.5. The van der Waals surface area contributed by atoms with Crippen LogP contribution in [0.5, 0.6) is 0 Å². The van der Waals surface area contributed by atoms with Gasteiger partial charge in [-0.25, -0.2) is 9.18 Å². The number of methoxy groups -OCH3 is 1. The second-order valence-electron chi connectivity index (χ2n) is 5.66. The zero-order chi connectivity index (χ0) is 16.9. The van der Waals surface area contributed by atoms with Crippen LogP contribution in [0.3, 0.4) is 0 Å². The van der Waals surface area contributed by atoms with Gasteiger partial charge in [-0.05, 0) is 24.3 Å². The van der Waals surface area contributed by atoms with Gasteiger partial charge in [0.15, 0.2) is 5.69 Å². The first-order valence-electron chi connectivity index (χ1n) is 7.87. The summed E-state index contributed by atoms with van der Waals surface area (Å²) in [6, 6.07) is 6.61. The molecule has 1 saturated heterocycles. The number of carbonyl (C=O) groups excluding carboxylic acids is 1. The number of rotatable bonds is 5. The van der Waals surface area contributed by atoms with E-state index in [1.165, 1.54) is 19.2 Å². The summed E-state index contributed by atoms with van der Waals surface area (Å²) in [6.07, 6.45) is 1.60. The first-order chi connectivity index (χ1) is 11.7. The number of nitrogens with zero attached hydrogens (tertiary/aromatic N) is 5. The molecule has 2 aromatic rings. The van der Waals surface area contributed by atoms with Crippen molar-refractivity contribution in [3.63, 3.8) is 0 Å². The van der Waals surface area contributed by atoms with Gasteiger partial charge < -0.3 is 9.64 Å². The van der Waals surface area contributed by atoms with Crippen LogP contribution in [0.2, 0.25) is 0 Å². The highest BCUT2D eigenvalue weighted by Gasteiger charge is 2.17. The minimum Gasteiger partial charge on any atom is -0.464 e. The average molecular weight is 333 g/mol. The van der Waals surface area contributed by atoms with Crippen LogP contribution in [0.15, 0.2) is 30.5 Å². The molecular formula is C16H20FN5O2. The molecule has 0 saturated carbocycles. The van der Waals surface area contributed by atoms with Crippen molar-refractivity contribution in [2.24, 2.45) is 0 Å². The Morgan fingerprint density at radius 3 is 2.54 bits per heavy atom. The van der Waals surface area contributed by atoms with Crippen LogP contribution in [-0.2, 0) is 11.3 Å². The molecule has 8 heteroatoms. The smallest absolute Gasteiger partial charge is 0.360 e. The van der Waals surface area contributed by atoms with Gasteiger partial charge >= 0.3 is 5.97 Å². The van der Waals surface area contributed by atoms with E-state index < -0.39 is 5.97 Å². The Hall–Kier alpha value is -2.48. The van der Waals surface area contributed by atoms with Gasteiger partial charge in [0.1, 0.15) is 5.82 Å². The van der Waals surface area contributed by atoms with E-state index in [-0.39, 0.29) is 11.5 Å². The Kier molecular flexibility index (Phi) is 5.05. The maximum atomic E-state index is 13.0. The standard InChI is InChI=1S/C16H20FN5O2/c1-24-16(23)15-12-22(19-18-15)11-8-20-6-9-21(10-7-20)14-4-2-13(17)3-5-14/h2-5,12H,6-11H2,1H3. The highest BCUT2D eigenvalue weighted by atomic mass is 19.1. The molecule has 0 unspecified atom stereocenters. The van der Waals surface area contributed by atoms with E-state index in [1.54, 1.807) is 10.9 Å². The number of piperazine rings is 1. The molecule has 1 fully saturated rings.